The van der Waals surface area contributed by atoms with Crippen molar-refractivity contribution in [3.05, 3.63) is 0 Å². The van der Waals surface area contributed by atoms with Crippen LogP contribution in [0, 0.1) is 0 Å². The number of rotatable bonds is 14. The summed E-state index contributed by atoms with van der Waals surface area (Å²) in [4.78, 5) is 0. The molecule has 2 atom stereocenters. The van der Waals surface area contributed by atoms with Crippen LogP contribution in [0.15, 0.2) is 0 Å². The first-order chi connectivity index (χ1) is 9.24. The smallest absolute Gasteiger partial charge is 0.0944 e. The molecule has 0 fully saturated rings. The number of ether oxygens (including phenoxy) is 2. The average Bonchev–Trinajstić information content (AvgIpc) is 2.44. The van der Waals surface area contributed by atoms with Crippen LogP contribution in [0.3, 0.4) is 0 Å². The predicted octanol–water partition coefficient (Wildman–Crippen LogP) is 3.59. The van der Waals surface area contributed by atoms with Crippen molar-refractivity contribution < 1.29 is 14.6 Å². The van der Waals surface area contributed by atoms with E-state index < -0.39 is 6.10 Å². The van der Waals surface area contributed by atoms with E-state index in [4.69, 9.17) is 32.7 Å². The second-order valence-electron chi connectivity index (χ2n) is 4.76. The maximum absolute atomic E-state index is 9.27. The molecule has 0 saturated carbocycles. The van der Waals surface area contributed by atoms with Crippen LogP contribution in [-0.4, -0.2) is 48.9 Å². The summed E-state index contributed by atoms with van der Waals surface area (Å²) in [5.74, 6) is 0.541. The first-order valence-corrected chi connectivity index (χ1v) is 8.30. The first kappa shape index (κ1) is 19.5. The number of aliphatic hydroxyl groups excluding tert-OH is 1. The second-order valence-corrected chi connectivity index (χ2v) is 5.38. The molecule has 0 heterocycles. The molecule has 0 aromatic rings. The van der Waals surface area contributed by atoms with E-state index in [0.717, 1.165) is 13.0 Å². The zero-order valence-electron chi connectivity index (χ0n) is 12.0. The average molecular weight is 315 g/mol. The van der Waals surface area contributed by atoms with Gasteiger partial charge in [0.05, 0.1) is 37.2 Å². The summed E-state index contributed by atoms with van der Waals surface area (Å²) < 4.78 is 10.9. The van der Waals surface area contributed by atoms with Gasteiger partial charge in [-0.3, -0.25) is 0 Å². The first-order valence-electron chi connectivity index (χ1n) is 7.23. The predicted molar refractivity (Wildman–Crippen MR) is 81.4 cm³/mol. The molecular formula is C14H28Cl2O3. The zero-order valence-corrected chi connectivity index (χ0v) is 13.5. The van der Waals surface area contributed by atoms with Crippen LogP contribution in [-0.2, 0) is 9.47 Å². The fraction of sp³-hybridized carbons (Fsp3) is 1.00. The molecule has 0 aliphatic heterocycles. The molecule has 0 bridgehead atoms. The minimum absolute atomic E-state index is 0.167. The van der Waals surface area contributed by atoms with Gasteiger partial charge in [-0.25, -0.2) is 0 Å². The van der Waals surface area contributed by atoms with Crippen molar-refractivity contribution in [3.63, 3.8) is 0 Å². The second kappa shape index (κ2) is 14.9. The van der Waals surface area contributed by atoms with E-state index in [-0.39, 0.29) is 18.6 Å². The maximum atomic E-state index is 9.27. The van der Waals surface area contributed by atoms with Crippen LogP contribution in [0.5, 0.6) is 0 Å². The van der Waals surface area contributed by atoms with Crippen molar-refractivity contribution in [2.45, 2.75) is 57.7 Å². The van der Waals surface area contributed by atoms with E-state index in [9.17, 15) is 5.11 Å². The van der Waals surface area contributed by atoms with E-state index in [1.54, 1.807) is 0 Å². The summed E-state index contributed by atoms with van der Waals surface area (Å²) in [6, 6.07) is 0. The lowest BCUT2D eigenvalue weighted by molar-refractivity contribution is -0.0346. The van der Waals surface area contributed by atoms with Crippen molar-refractivity contribution in [2.75, 3.05) is 31.6 Å². The lowest BCUT2D eigenvalue weighted by atomic mass is 10.1. The highest BCUT2D eigenvalue weighted by Gasteiger charge is 2.10. The molecule has 0 radical (unpaired) electrons. The highest BCUT2D eigenvalue weighted by atomic mass is 35.5. The minimum Gasteiger partial charge on any atom is -0.389 e. The van der Waals surface area contributed by atoms with Crippen LogP contribution in [0.25, 0.3) is 0 Å². The van der Waals surface area contributed by atoms with Gasteiger partial charge in [-0.15, -0.1) is 23.2 Å². The van der Waals surface area contributed by atoms with Gasteiger partial charge in [-0.05, 0) is 6.42 Å². The van der Waals surface area contributed by atoms with Crippen molar-refractivity contribution >= 4 is 23.2 Å². The molecule has 3 nitrogen and oxygen atoms in total. The number of halogens is 2. The molecule has 0 aromatic carbocycles. The van der Waals surface area contributed by atoms with Crippen LogP contribution in [0.2, 0.25) is 0 Å². The van der Waals surface area contributed by atoms with E-state index in [1.807, 2.05) is 0 Å². The summed E-state index contributed by atoms with van der Waals surface area (Å²) in [6.45, 7) is 3.66. The Bertz CT molecular complexity index is 182. The standard InChI is InChI=1S/C14H28Cl2O3/c1-2-3-4-5-6-7-8-18-12-14(10-16)19-11-13(17)9-15/h13-14,17H,2-12H2,1H3. The molecule has 2 unspecified atom stereocenters. The Morgan fingerprint density at radius 2 is 1.63 bits per heavy atom. The van der Waals surface area contributed by atoms with E-state index in [2.05, 4.69) is 6.92 Å². The minimum atomic E-state index is -0.633. The van der Waals surface area contributed by atoms with E-state index >= 15 is 0 Å². The summed E-state index contributed by atoms with van der Waals surface area (Å²) in [5.41, 5.74) is 0. The van der Waals surface area contributed by atoms with Crippen molar-refractivity contribution in [2.24, 2.45) is 0 Å². The van der Waals surface area contributed by atoms with Gasteiger partial charge in [0, 0.05) is 6.61 Å². The summed E-state index contributed by atoms with van der Waals surface area (Å²) in [5, 5.41) is 9.27. The van der Waals surface area contributed by atoms with Gasteiger partial charge >= 0.3 is 0 Å². The largest absolute Gasteiger partial charge is 0.389 e. The van der Waals surface area contributed by atoms with Crippen LogP contribution >= 0.6 is 23.2 Å². The number of hydrogen-bond donors (Lipinski definition) is 1. The van der Waals surface area contributed by atoms with E-state index in [1.165, 1.54) is 32.1 Å². The molecule has 19 heavy (non-hydrogen) atoms. The summed E-state index contributed by atoms with van der Waals surface area (Å²) in [7, 11) is 0. The number of alkyl halides is 2. The van der Waals surface area contributed by atoms with Gasteiger partial charge in [0.25, 0.3) is 0 Å². The lowest BCUT2D eigenvalue weighted by Crippen LogP contribution is -2.27. The molecule has 0 aromatic heterocycles. The van der Waals surface area contributed by atoms with Crippen LogP contribution in [0.1, 0.15) is 45.4 Å². The Morgan fingerprint density at radius 3 is 2.26 bits per heavy atom. The monoisotopic (exact) mass is 314 g/mol. The molecule has 1 N–H and O–H groups in total. The van der Waals surface area contributed by atoms with Gasteiger partial charge in [-0.2, -0.15) is 0 Å². The Morgan fingerprint density at radius 1 is 0.947 bits per heavy atom. The highest BCUT2D eigenvalue weighted by molar-refractivity contribution is 6.18. The van der Waals surface area contributed by atoms with Gasteiger partial charge in [-0.1, -0.05) is 39.0 Å². The maximum Gasteiger partial charge on any atom is 0.0944 e. The summed E-state index contributed by atoms with van der Waals surface area (Å²) in [6.07, 6.45) is 6.71. The fourth-order valence-corrected chi connectivity index (χ4v) is 1.90. The lowest BCUT2D eigenvalue weighted by Gasteiger charge is -2.17. The van der Waals surface area contributed by atoms with E-state index in [0.29, 0.717) is 12.5 Å². The van der Waals surface area contributed by atoms with Crippen LogP contribution < -0.4 is 0 Å². The van der Waals surface area contributed by atoms with Crippen molar-refractivity contribution in [1.29, 1.82) is 0 Å². The van der Waals surface area contributed by atoms with Gasteiger partial charge in [0.2, 0.25) is 0 Å². The highest BCUT2D eigenvalue weighted by Crippen LogP contribution is 2.06. The quantitative estimate of drug-likeness (QED) is 0.393. The summed E-state index contributed by atoms with van der Waals surface area (Å²) >= 11 is 11.3. The van der Waals surface area contributed by atoms with Crippen LogP contribution in [0.4, 0.5) is 0 Å². The molecule has 0 spiro atoms. The molecular weight excluding hydrogens is 287 g/mol. The van der Waals surface area contributed by atoms with Gasteiger partial charge in [0.15, 0.2) is 0 Å². The molecule has 0 aliphatic carbocycles. The zero-order chi connectivity index (χ0) is 14.3. The third-order valence-electron chi connectivity index (χ3n) is 2.82. The molecule has 0 amide bonds. The molecule has 0 aliphatic rings. The Balaban J connectivity index is 3.36. The normalized spacial score (nSPS) is 14.5. The Labute approximate surface area is 127 Å². The third-order valence-corrected chi connectivity index (χ3v) is 3.52. The molecule has 116 valence electrons. The van der Waals surface area contributed by atoms with Crippen molar-refractivity contribution in [3.8, 4) is 0 Å². The SMILES string of the molecule is CCCCCCCCOCC(CCl)OCC(O)CCl. The Hall–Kier alpha value is 0.460. The number of unbranched alkanes of at least 4 members (excludes halogenated alkanes) is 5. The number of aliphatic hydroxyl groups is 1. The van der Waals surface area contributed by atoms with Gasteiger partial charge < -0.3 is 14.6 Å². The van der Waals surface area contributed by atoms with Gasteiger partial charge in [0.1, 0.15) is 0 Å². The topological polar surface area (TPSA) is 38.7 Å². The Kier molecular flexibility index (Phi) is 15.2. The molecule has 0 rings (SSSR count). The molecule has 0 saturated heterocycles. The van der Waals surface area contributed by atoms with Crippen molar-refractivity contribution in [1.82, 2.24) is 0 Å². The number of hydrogen-bond acceptors (Lipinski definition) is 3. The third kappa shape index (κ3) is 13.2. The fourth-order valence-electron chi connectivity index (χ4n) is 1.63. The molecule has 5 heteroatoms.